The first kappa shape index (κ1) is 21.3. The summed E-state index contributed by atoms with van der Waals surface area (Å²) in [4.78, 5) is 23.9. The smallest absolute Gasteiger partial charge is 0.409 e. The summed E-state index contributed by atoms with van der Waals surface area (Å²) in [6.07, 6.45) is -1.16. The molecule has 5 aromatic rings. The fraction of sp³-hybridized carbons (Fsp3) is 0.115. The lowest BCUT2D eigenvalue weighted by Gasteiger charge is -2.10. The van der Waals surface area contributed by atoms with Crippen molar-refractivity contribution in [1.29, 1.82) is 0 Å². The van der Waals surface area contributed by atoms with Gasteiger partial charge in [-0.25, -0.2) is 4.79 Å². The van der Waals surface area contributed by atoms with Crippen LogP contribution in [0.3, 0.4) is 0 Å². The quantitative estimate of drug-likeness (QED) is 0.332. The van der Waals surface area contributed by atoms with Crippen molar-refractivity contribution in [1.82, 2.24) is 9.72 Å². The van der Waals surface area contributed by atoms with Gasteiger partial charge in [-0.15, -0.1) is 0 Å². The molecule has 2 amide bonds. The minimum atomic E-state index is -1.16. The number of hydrogen-bond acceptors (Lipinski definition) is 4. The number of carbonyl (C=O) groups excluding carboxylic acids is 1. The molecule has 0 fully saturated rings. The normalized spacial score (nSPS) is 11.2. The van der Waals surface area contributed by atoms with Gasteiger partial charge in [-0.05, 0) is 55.3 Å². The maximum absolute atomic E-state index is 12.6. The molecule has 5 rings (SSSR count). The minimum Gasteiger partial charge on any atom is -0.465 e. The molecular weight excluding hydrogens is 432 g/mol. The largest absolute Gasteiger partial charge is 0.465 e. The van der Waals surface area contributed by atoms with E-state index in [0.29, 0.717) is 34.6 Å². The van der Waals surface area contributed by atoms with Gasteiger partial charge in [0.05, 0.1) is 11.2 Å². The lowest BCUT2D eigenvalue weighted by Crippen LogP contribution is -2.12. The minimum absolute atomic E-state index is 0.344. The Labute approximate surface area is 194 Å². The van der Waals surface area contributed by atoms with E-state index in [1.54, 1.807) is 18.2 Å². The number of nitrogens with zero attached hydrogens (tertiary/aromatic N) is 2. The first-order valence-electron chi connectivity index (χ1n) is 10.7. The Morgan fingerprint density at radius 1 is 1.06 bits per heavy atom. The first-order valence-corrected chi connectivity index (χ1v) is 10.7. The standard InChI is InChI=1S/C26H22N4O4/c1-14-23(15(2)34-29-14)17-10-20(25(27)31)24-19-12-18(28-26(32)33)8-9-21(19)30(22(24)11-17)13-16-6-4-3-5-7-16/h3-12,28H,13H2,1-2H3,(H2,27,31)(H,32,33). The van der Waals surface area contributed by atoms with E-state index in [0.717, 1.165) is 33.1 Å². The zero-order valence-corrected chi connectivity index (χ0v) is 18.6. The molecule has 3 aromatic carbocycles. The Morgan fingerprint density at radius 3 is 2.47 bits per heavy atom. The fourth-order valence-electron chi connectivity index (χ4n) is 4.60. The van der Waals surface area contributed by atoms with E-state index in [-0.39, 0.29) is 0 Å². The number of fused-ring (bicyclic) bond motifs is 3. The molecule has 2 aromatic heterocycles. The second-order valence-corrected chi connectivity index (χ2v) is 8.22. The van der Waals surface area contributed by atoms with Gasteiger partial charge in [-0.2, -0.15) is 0 Å². The lowest BCUT2D eigenvalue weighted by molar-refractivity contribution is 0.100. The summed E-state index contributed by atoms with van der Waals surface area (Å²) in [7, 11) is 0. The molecule has 0 saturated carbocycles. The number of anilines is 1. The average molecular weight is 454 g/mol. The van der Waals surface area contributed by atoms with Gasteiger partial charge in [0.15, 0.2) is 0 Å². The van der Waals surface area contributed by atoms with Crippen molar-refractivity contribution in [2.45, 2.75) is 20.4 Å². The van der Waals surface area contributed by atoms with E-state index in [2.05, 4.69) is 15.0 Å². The summed E-state index contributed by atoms with van der Waals surface area (Å²) < 4.78 is 7.47. The predicted molar refractivity (Wildman–Crippen MR) is 130 cm³/mol. The van der Waals surface area contributed by atoms with Crippen molar-refractivity contribution in [2.75, 3.05) is 5.32 Å². The molecule has 0 unspecified atom stereocenters. The Hall–Kier alpha value is -4.59. The highest BCUT2D eigenvalue weighted by molar-refractivity contribution is 6.19. The van der Waals surface area contributed by atoms with Crippen LogP contribution in [-0.4, -0.2) is 26.8 Å². The number of amides is 2. The molecule has 0 aliphatic heterocycles. The maximum atomic E-state index is 12.6. The van der Waals surface area contributed by atoms with Crippen LogP contribution in [0.1, 0.15) is 27.4 Å². The summed E-state index contributed by atoms with van der Waals surface area (Å²) in [6.45, 7) is 4.23. The number of carboxylic acid groups (broad SMARTS) is 1. The Kier molecular flexibility index (Phi) is 5.05. The predicted octanol–water partition coefficient (Wildman–Crippen LogP) is 5.30. The van der Waals surface area contributed by atoms with Crippen LogP contribution in [0.25, 0.3) is 32.9 Å². The maximum Gasteiger partial charge on any atom is 0.409 e. The highest BCUT2D eigenvalue weighted by Crippen LogP contribution is 2.38. The van der Waals surface area contributed by atoms with Crippen molar-refractivity contribution in [3.05, 3.63) is 83.2 Å². The Bertz CT molecular complexity index is 1560. The van der Waals surface area contributed by atoms with Gasteiger partial charge in [0.1, 0.15) is 5.76 Å². The fourth-order valence-corrected chi connectivity index (χ4v) is 4.60. The third-order valence-corrected chi connectivity index (χ3v) is 5.99. The third kappa shape index (κ3) is 3.55. The third-order valence-electron chi connectivity index (χ3n) is 5.99. The zero-order chi connectivity index (χ0) is 24.0. The highest BCUT2D eigenvalue weighted by Gasteiger charge is 2.21. The summed E-state index contributed by atoms with van der Waals surface area (Å²) >= 11 is 0. The van der Waals surface area contributed by atoms with E-state index in [4.69, 9.17) is 10.3 Å². The first-order chi connectivity index (χ1) is 16.3. The molecule has 2 heterocycles. The number of nitrogens with two attached hydrogens (primary N) is 1. The summed E-state index contributed by atoms with van der Waals surface area (Å²) in [5.41, 5.74) is 11.6. The number of carbonyl (C=O) groups is 2. The molecule has 4 N–H and O–H groups in total. The topological polar surface area (TPSA) is 123 Å². The van der Waals surface area contributed by atoms with Crippen molar-refractivity contribution in [2.24, 2.45) is 5.73 Å². The van der Waals surface area contributed by atoms with Crippen molar-refractivity contribution in [3.8, 4) is 11.1 Å². The number of nitrogens with one attached hydrogen (secondary N) is 1. The molecule has 0 radical (unpaired) electrons. The summed E-state index contributed by atoms with van der Waals surface area (Å²) in [6, 6.07) is 19.0. The number of primary amides is 1. The number of aryl methyl sites for hydroxylation is 2. The van der Waals surface area contributed by atoms with Crippen molar-refractivity contribution in [3.63, 3.8) is 0 Å². The molecule has 0 atom stereocenters. The van der Waals surface area contributed by atoms with Crippen LogP contribution in [0, 0.1) is 13.8 Å². The summed E-state index contributed by atoms with van der Waals surface area (Å²) in [5.74, 6) is 0.0694. The van der Waals surface area contributed by atoms with Gasteiger partial charge < -0.3 is 19.9 Å². The van der Waals surface area contributed by atoms with Crippen molar-refractivity contribution < 1.29 is 19.2 Å². The molecule has 8 nitrogen and oxygen atoms in total. The molecule has 34 heavy (non-hydrogen) atoms. The Balaban J connectivity index is 1.87. The van der Waals surface area contributed by atoms with Crippen LogP contribution in [0.15, 0.2) is 65.2 Å². The van der Waals surface area contributed by atoms with Gasteiger partial charge in [-0.1, -0.05) is 35.5 Å². The van der Waals surface area contributed by atoms with Gasteiger partial charge in [-0.3, -0.25) is 10.1 Å². The molecule has 0 spiro atoms. The average Bonchev–Trinajstić information content (AvgIpc) is 3.29. The molecule has 170 valence electrons. The number of hydrogen-bond donors (Lipinski definition) is 3. The van der Waals surface area contributed by atoms with Gasteiger partial charge in [0, 0.05) is 39.6 Å². The summed E-state index contributed by atoms with van der Waals surface area (Å²) in [5, 5.41) is 17.0. The van der Waals surface area contributed by atoms with Crippen LogP contribution in [0.4, 0.5) is 10.5 Å². The van der Waals surface area contributed by atoms with Gasteiger partial charge in [0.2, 0.25) is 5.91 Å². The van der Waals surface area contributed by atoms with Gasteiger partial charge >= 0.3 is 6.09 Å². The molecule has 0 saturated heterocycles. The monoisotopic (exact) mass is 454 g/mol. The highest BCUT2D eigenvalue weighted by atomic mass is 16.5. The van der Waals surface area contributed by atoms with Gasteiger partial charge in [0.25, 0.3) is 0 Å². The van der Waals surface area contributed by atoms with Crippen LogP contribution in [0.2, 0.25) is 0 Å². The van der Waals surface area contributed by atoms with E-state index in [9.17, 15) is 14.7 Å². The number of aromatic nitrogens is 2. The van der Waals surface area contributed by atoms with Crippen molar-refractivity contribution >= 4 is 39.5 Å². The lowest BCUT2D eigenvalue weighted by atomic mass is 9.97. The van der Waals surface area contributed by atoms with Crippen LogP contribution in [-0.2, 0) is 6.54 Å². The molecular formula is C26H22N4O4. The van der Waals surface area contributed by atoms with E-state index in [1.807, 2.05) is 56.3 Å². The van der Waals surface area contributed by atoms with E-state index in [1.165, 1.54) is 0 Å². The molecule has 0 aliphatic rings. The Morgan fingerprint density at radius 2 is 1.82 bits per heavy atom. The number of rotatable bonds is 5. The zero-order valence-electron chi connectivity index (χ0n) is 18.6. The molecule has 8 heteroatoms. The molecule has 0 bridgehead atoms. The second kappa shape index (κ2) is 8.08. The van der Waals surface area contributed by atoms with E-state index >= 15 is 0 Å². The van der Waals surface area contributed by atoms with Crippen LogP contribution in [0.5, 0.6) is 0 Å². The SMILES string of the molecule is Cc1noc(C)c1-c1cc(C(N)=O)c2c3cc(NC(=O)O)ccc3n(Cc3ccccc3)c2c1. The number of benzene rings is 3. The molecule has 0 aliphatic carbocycles. The van der Waals surface area contributed by atoms with Crippen LogP contribution >= 0.6 is 0 Å². The van der Waals surface area contributed by atoms with E-state index < -0.39 is 12.0 Å². The second-order valence-electron chi connectivity index (χ2n) is 8.22. The van der Waals surface area contributed by atoms with Crippen LogP contribution < -0.4 is 11.1 Å².